The molecule has 1 aromatic heterocycles. The number of fused-ring (bicyclic) bond motifs is 3. The first-order valence-corrected chi connectivity index (χ1v) is 8.92. The van der Waals surface area contributed by atoms with E-state index in [0.29, 0.717) is 39.4 Å². The molecule has 0 aliphatic carbocycles. The van der Waals surface area contributed by atoms with Crippen LogP contribution in [0.15, 0.2) is 29.2 Å². The van der Waals surface area contributed by atoms with Crippen LogP contribution in [0.4, 0.5) is 0 Å². The second-order valence-corrected chi connectivity index (χ2v) is 7.26. The van der Waals surface area contributed by atoms with Gasteiger partial charge in [0.2, 0.25) is 5.91 Å². The number of amides is 1. The van der Waals surface area contributed by atoms with Gasteiger partial charge in [-0.25, -0.2) is 0 Å². The second-order valence-electron chi connectivity index (χ2n) is 7.26. The molecule has 3 aliphatic heterocycles. The molecule has 0 saturated carbocycles. The number of ether oxygens (including phenoxy) is 2. The van der Waals surface area contributed by atoms with Crippen LogP contribution in [0.5, 0.6) is 0 Å². The van der Waals surface area contributed by atoms with Crippen LogP contribution < -0.4 is 5.56 Å². The van der Waals surface area contributed by atoms with Crippen molar-refractivity contribution in [2.75, 3.05) is 33.0 Å². The zero-order valence-corrected chi connectivity index (χ0v) is 14.2. The molecule has 1 aromatic rings. The molecule has 4 heterocycles. The van der Waals surface area contributed by atoms with Gasteiger partial charge in [0.25, 0.3) is 5.56 Å². The molecule has 0 radical (unpaired) electrons. The molecule has 0 bridgehead atoms. The van der Waals surface area contributed by atoms with Crippen molar-refractivity contribution in [2.45, 2.75) is 31.0 Å². The summed E-state index contributed by atoms with van der Waals surface area (Å²) in [7, 11) is 0. The molecule has 0 spiro atoms. The average molecular weight is 348 g/mol. The van der Waals surface area contributed by atoms with Crippen LogP contribution >= 0.6 is 0 Å². The minimum atomic E-state index is -0.830. The first kappa shape index (κ1) is 16.8. The summed E-state index contributed by atoms with van der Waals surface area (Å²) in [5.41, 5.74) is -1.02. The number of piperidine rings is 1. The van der Waals surface area contributed by atoms with Crippen molar-refractivity contribution in [1.29, 1.82) is 0 Å². The van der Waals surface area contributed by atoms with Crippen LogP contribution in [0.25, 0.3) is 0 Å². The minimum Gasteiger partial charge on any atom is -0.389 e. The Balaban J connectivity index is 1.59. The van der Waals surface area contributed by atoms with Gasteiger partial charge in [0.05, 0.1) is 18.8 Å². The van der Waals surface area contributed by atoms with Gasteiger partial charge in [-0.3, -0.25) is 9.59 Å². The molecule has 0 unspecified atom stereocenters. The van der Waals surface area contributed by atoms with Crippen molar-refractivity contribution in [2.24, 2.45) is 11.8 Å². The molecule has 7 nitrogen and oxygen atoms in total. The van der Waals surface area contributed by atoms with Crippen molar-refractivity contribution < 1.29 is 19.4 Å². The van der Waals surface area contributed by atoms with Gasteiger partial charge in [-0.15, -0.1) is 0 Å². The van der Waals surface area contributed by atoms with E-state index in [1.165, 1.54) is 10.6 Å². The van der Waals surface area contributed by atoms with Gasteiger partial charge in [-0.05, 0) is 12.5 Å². The Kier molecular flexibility index (Phi) is 4.39. The lowest BCUT2D eigenvalue weighted by Gasteiger charge is -2.57. The molecule has 1 N–H and O–H groups in total. The first-order valence-electron chi connectivity index (χ1n) is 8.92. The van der Waals surface area contributed by atoms with Crippen molar-refractivity contribution in [1.82, 2.24) is 9.47 Å². The van der Waals surface area contributed by atoms with Crippen LogP contribution in [0.1, 0.15) is 12.8 Å². The molecule has 0 aromatic carbocycles. The molecular formula is C18H24N2O5. The average Bonchev–Trinajstić information content (AvgIpc) is 2.63. The topological polar surface area (TPSA) is 81.0 Å². The predicted octanol–water partition coefficient (Wildman–Crippen LogP) is -0.137. The largest absolute Gasteiger partial charge is 0.389 e. The Morgan fingerprint density at radius 2 is 2.12 bits per heavy atom. The number of nitrogens with zero attached hydrogens (tertiary/aromatic N) is 2. The smallest absolute Gasteiger partial charge is 0.250 e. The second kappa shape index (κ2) is 6.55. The molecule has 25 heavy (non-hydrogen) atoms. The van der Waals surface area contributed by atoms with E-state index in [9.17, 15) is 14.7 Å². The molecule has 3 aliphatic rings. The van der Waals surface area contributed by atoms with E-state index in [1.54, 1.807) is 18.3 Å². The Hall–Kier alpha value is -1.70. The highest BCUT2D eigenvalue weighted by Crippen LogP contribution is 2.44. The monoisotopic (exact) mass is 348 g/mol. The maximum atomic E-state index is 13.0. The third-order valence-electron chi connectivity index (χ3n) is 5.98. The summed E-state index contributed by atoms with van der Waals surface area (Å²) in [4.78, 5) is 26.7. The number of aliphatic hydroxyl groups is 1. The fraction of sp³-hybridized carbons (Fsp3) is 0.667. The number of hydrogen-bond donors (Lipinski definition) is 1. The molecule has 4 atom stereocenters. The summed E-state index contributed by atoms with van der Waals surface area (Å²) in [6.45, 7) is 2.55. The summed E-state index contributed by atoms with van der Waals surface area (Å²) in [6, 6.07) is 4.82. The number of rotatable bonds is 2. The van der Waals surface area contributed by atoms with Crippen LogP contribution in [0, 0.1) is 11.8 Å². The van der Waals surface area contributed by atoms with Gasteiger partial charge < -0.3 is 24.0 Å². The van der Waals surface area contributed by atoms with Crippen molar-refractivity contribution in [3.63, 3.8) is 0 Å². The van der Waals surface area contributed by atoms with E-state index in [1.807, 2.05) is 4.90 Å². The molecular weight excluding hydrogens is 324 g/mol. The van der Waals surface area contributed by atoms with Gasteiger partial charge in [0.15, 0.2) is 0 Å². The van der Waals surface area contributed by atoms with Gasteiger partial charge in [-0.2, -0.15) is 0 Å². The summed E-state index contributed by atoms with van der Waals surface area (Å²) < 4.78 is 12.6. The predicted molar refractivity (Wildman–Crippen MR) is 89.0 cm³/mol. The van der Waals surface area contributed by atoms with Gasteiger partial charge in [-0.1, -0.05) is 6.07 Å². The highest BCUT2D eigenvalue weighted by atomic mass is 16.5. The quantitative estimate of drug-likeness (QED) is 0.805. The van der Waals surface area contributed by atoms with Crippen LogP contribution in [0.2, 0.25) is 0 Å². The highest BCUT2D eigenvalue weighted by molar-refractivity contribution is 5.76. The first-order chi connectivity index (χ1) is 12.1. The van der Waals surface area contributed by atoms with Crippen molar-refractivity contribution in [3.05, 3.63) is 34.7 Å². The summed E-state index contributed by atoms with van der Waals surface area (Å²) in [5, 5.41) is 11.3. The fourth-order valence-electron chi connectivity index (χ4n) is 4.57. The fourth-order valence-corrected chi connectivity index (χ4v) is 4.57. The lowest BCUT2D eigenvalue weighted by molar-refractivity contribution is -0.219. The maximum absolute atomic E-state index is 13.0. The van der Waals surface area contributed by atoms with E-state index in [0.717, 1.165) is 6.42 Å². The Morgan fingerprint density at radius 3 is 2.96 bits per heavy atom. The van der Waals surface area contributed by atoms with Gasteiger partial charge >= 0.3 is 0 Å². The minimum absolute atomic E-state index is 0.0236. The number of carbonyl (C=O) groups is 1. The molecule has 1 amide bonds. The van der Waals surface area contributed by atoms with Crippen LogP contribution in [-0.2, 0) is 20.8 Å². The molecule has 136 valence electrons. The summed E-state index contributed by atoms with van der Waals surface area (Å²) in [5.74, 6) is -0.293. The summed E-state index contributed by atoms with van der Waals surface area (Å²) >= 11 is 0. The van der Waals surface area contributed by atoms with E-state index in [4.69, 9.17) is 9.47 Å². The molecule has 3 fully saturated rings. The van der Waals surface area contributed by atoms with Crippen molar-refractivity contribution >= 4 is 5.91 Å². The van der Waals surface area contributed by atoms with Gasteiger partial charge in [0, 0.05) is 56.3 Å². The van der Waals surface area contributed by atoms with Crippen LogP contribution in [0.3, 0.4) is 0 Å². The third kappa shape index (κ3) is 2.90. The van der Waals surface area contributed by atoms with E-state index < -0.39 is 5.60 Å². The Labute approximate surface area is 146 Å². The Bertz CT molecular complexity index is 705. The van der Waals surface area contributed by atoms with Crippen LogP contribution in [-0.4, -0.2) is 65.1 Å². The zero-order chi connectivity index (χ0) is 17.4. The Morgan fingerprint density at radius 1 is 1.28 bits per heavy atom. The normalized spacial score (nSPS) is 34.9. The molecule has 7 heteroatoms. The van der Waals surface area contributed by atoms with E-state index >= 15 is 0 Å². The molecule has 3 saturated heterocycles. The number of carbonyl (C=O) groups excluding carboxylic acids is 1. The number of pyridine rings is 1. The standard InChI is InChI=1S/C18H24N2O5/c21-16-3-1-2-6-19(16)10-17(22)20-9-13-11-25-8-5-18(13,23)14-12-24-7-4-15(14)20/h1-3,6,13-15,23H,4-5,7-12H2/t13-,14+,15-,18-/m0/s1. The highest BCUT2D eigenvalue weighted by Gasteiger charge is 2.56. The van der Waals surface area contributed by atoms with E-state index in [-0.39, 0.29) is 35.9 Å². The number of likely N-dealkylation sites (tertiary alicyclic amines) is 1. The van der Waals surface area contributed by atoms with E-state index in [2.05, 4.69) is 0 Å². The van der Waals surface area contributed by atoms with Gasteiger partial charge in [0.1, 0.15) is 6.54 Å². The van der Waals surface area contributed by atoms with Crippen molar-refractivity contribution in [3.8, 4) is 0 Å². The zero-order valence-electron chi connectivity index (χ0n) is 14.2. The SMILES string of the molecule is O=C(Cn1ccccc1=O)N1C[C@H]2COCC[C@@]2(O)[C@@H]2COCC[C@@H]21. The number of hydrogen-bond acceptors (Lipinski definition) is 5. The lowest BCUT2D eigenvalue weighted by atomic mass is 9.66. The maximum Gasteiger partial charge on any atom is 0.250 e. The summed E-state index contributed by atoms with van der Waals surface area (Å²) in [6.07, 6.45) is 2.93. The molecule has 4 rings (SSSR count). The lowest BCUT2D eigenvalue weighted by Crippen LogP contribution is -2.69. The number of aromatic nitrogens is 1. The third-order valence-corrected chi connectivity index (χ3v) is 5.98.